The Balaban J connectivity index is 1.79. The second kappa shape index (κ2) is 6.73. The highest BCUT2D eigenvalue weighted by Gasteiger charge is 2.50. The molecule has 2 aromatic carbocycles. The molecule has 3 nitrogen and oxygen atoms in total. The number of aryl methyl sites for hydroxylation is 2. The number of hydrogen-bond acceptors (Lipinski definition) is 3. The molecule has 0 aromatic heterocycles. The summed E-state index contributed by atoms with van der Waals surface area (Å²) in [5.74, 6) is 0. The minimum Gasteiger partial charge on any atom is -0.254 e. The standard InChI is InChI=1S/C24H27N3/c1-6-21-18(4)15-22-26(23-16(2)11-10-12-17(23)3)27(22)24(21)19(5)25-20-13-8-7-9-14-20/h7-15,22H,6H2,1-5H3. The average Bonchev–Trinajstić information content (AvgIpc) is 3.34. The van der Waals surface area contributed by atoms with Crippen LogP contribution in [-0.2, 0) is 0 Å². The summed E-state index contributed by atoms with van der Waals surface area (Å²) in [5.41, 5.74) is 10.0. The maximum absolute atomic E-state index is 4.93. The van der Waals surface area contributed by atoms with Gasteiger partial charge in [-0.05, 0) is 74.6 Å². The lowest BCUT2D eigenvalue weighted by Crippen LogP contribution is -2.18. The van der Waals surface area contributed by atoms with Crippen molar-refractivity contribution in [3.63, 3.8) is 0 Å². The van der Waals surface area contributed by atoms with Crippen molar-refractivity contribution in [1.82, 2.24) is 5.01 Å². The zero-order valence-corrected chi connectivity index (χ0v) is 16.8. The van der Waals surface area contributed by atoms with Gasteiger partial charge in [0.1, 0.15) is 0 Å². The molecule has 0 saturated carbocycles. The van der Waals surface area contributed by atoms with E-state index in [4.69, 9.17) is 4.99 Å². The predicted molar refractivity (Wildman–Crippen MR) is 114 cm³/mol. The van der Waals surface area contributed by atoms with E-state index in [2.05, 4.69) is 81.0 Å². The molecule has 0 radical (unpaired) electrons. The topological polar surface area (TPSA) is 18.4 Å². The van der Waals surface area contributed by atoms with E-state index in [0.29, 0.717) is 0 Å². The number of para-hydroxylation sites is 2. The van der Waals surface area contributed by atoms with Crippen molar-refractivity contribution in [2.75, 3.05) is 5.01 Å². The number of hydrazine groups is 1. The van der Waals surface area contributed by atoms with Gasteiger partial charge < -0.3 is 0 Å². The Bertz CT molecular complexity index is 946. The van der Waals surface area contributed by atoms with Gasteiger partial charge in [0.15, 0.2) is 6.17 Å². The molecule has 27 heavy (non-hydrogen) atoms. The van der Waals surface area contributed by atoms with Crippen molar-refractivity contribution in [1.29, 1.82) is 0 Å². The molecule has 1 atom stereocenters. The first kappa shape index (κ1) is 17.6. The molecular formula is C24H27N3. The number of hydrogen-bond donors (Lipinski definition) is 0. The molecule has 0 spiro atoms. The molecule has 0 amide bonds. The highest BCUT2D eigenvalue weighted by molar-refractivity contribution is 6.02. The zero-order chi connectivity index (χ0) is 19.1. The maximum atomic E-state index is 4.93. The SMILES string of the molecule is CCC1=C(C(C)=Nc2ccccc2)N2C(C=C1C)N2c1c(C)cccc1C. The first-order valence-electron chi connectivity index (χ1n) is 9.70. The minimum absolute atomic E-state index is 0.288. The van der Waals surface area contributed by atoms with Crippen molar-refractivity contribution < 1.29 is 0 Å². The van der Waals surface area contributed by atoms with Crippen LogP contribution in [0.4, 0.5) is 11.4 Å². The Morgan fingerprint density at radius 1 is 0.926 bits per heavy atom. The summed E-state index contributed by atoms with van der Waals surface area (Å²) in [6.07, 6.45) is 3.67. The van der Waals surface area contributed by atoms with Gasteiger partial charge in [-0.2, -0.15) is 0 Å². The van der Waals surface area contributed by atoms with Gasteiger partial charge >= 0.3 is 0 Å². The maximum Gasteiger partial charge on any atom is 0.160 e. The van der Waals surface area contributed by atoms with Crippen LogP contribution in [0.3, 0.4) is 0 Å². The molecule has 1 saturated heterocycles. The number of nitrogens with zero attached hydrogens (tertiary/aromatic N) is 3. The first-order chi connectivity index (χ1) is 13.0. The highest BCUT2D eigenvalue weighted by atomic mass is 15.9. The van der Waals surface area contributed by atoms with Crippen LogP contribution in [0.15, 0.2) is 76.4 Å². The summed E-state index contributed by atoms with van der Waals surface area (Å²) in [6, 6.07) is 16.7. The largest absolute Gasteiger partial charge is 0.254 e. The summed E-state index contributed by atoms with van der Waals surface area (Å²) in [5, 5.41) is 4.82. The monoisotopic (exact) mass is 357 g/mol. The third-order valence-corrected chi connectivity index (χ3v) is 5.49. The number of benzene rings is 2. The Kier molecular flexibility index (Phi) is 4.39. The summed E-state index contributed by atoms with van der Waals surface area (Å²) in [7, 11) is 0. The van der Waals surface area contributed by atoms with Crippen LogP contribution in [0, 0.1) is 13.8 Å². The van der Waals surface area contributed by atoms with Crippen LogP contribution in [0.5, 0.6) is 0 Å². The van der Waals surface area contributed by atoms with Crippen molar-refractivity contribution in [3.8, 4) is 0 Å². The Morgan fingerprint density at radius 3 is 2.22 bits per heavy atom. The smallest absolute Gasteiger partial charge is 0.160 e. The lowest BCUT2D eigenvalue weighted by Gasteiger charge is -2.20. The molecule has 0 aliphatic carbocycles. The van der Waals surface area contributed by atoms with Crippen LogP contribution in [-0.4, -0.2) is 16.9 Å². The van der Waals surface area contributed by atoms with Gasteiger partial charge in [-0.1, -0.05) is 43.3 Å². The molecule has 0 bridgehead atoms. The van der Waals surface area contributed by atoms with E-state index in [9.17, 15) is 0 Å². The van der Waals surface area contributed by atoms with Gasteiger partial charge in [-0.15, -0.1) is 0 Å². The molecule has 1 fully saturated rings. The number of fused-ring (bicyclic) bond motifs is 1. The van der Waals surface area contributed by atoms with E-state index in [-0.39, 0.29) is 6.17 Å². The van der Waals surface area contributed by atoms with Gasteiger partial charge in [0.2, 0.25) is 0 Å². The summed E-state index contributed by atoms with van der Waals surface area (Å²) in [6.45, 7) is 11.0. The molecule has 138 valence electrons. The summed E-state index contributed by atoms with van der Waals surface area (Å²) >= 11 is 0. The fourth-order valence-corrected chi connectivity index (χ4v) is 4.20. The van der Waals surface area contributed by atoms with E-state index in [1.807, 2.05) is 18.2 Å². The Hall–Kier alpha value is -2.81. The van der Waals surface area contributed by atoms with Crippen LogP contribution < -0.4 is 5.01 Å². The second-order valence-electron chi connectivity index (χ2n) is 7.41. The van der Waals surface area contributed by atoms with E-state index in [1.54, 1.807) is 0 Å². The molecule has 3 heteroatoms. The van der Waals surface area contributed by atoms with Crippen molar-refractivity contribution in [2.45, 2.75) is 47.2 Å². The third kappa shape index (κ3) is 2.97. The van der Waals surface area contributed by atoms with E-state index in [0.717, 1.165) is 17.8 Å². The second-order valence-corrected chi connectivity index (χ2v) is 7.41. The van der Waals surface area contributed by atoms with Crippen LogP contribution >= 0.6 is 0 Å². The molecule has 1 unspecified atom stereocenters. The molecule has 2 aliphatic heterocycles. The Morgan fingerprint density at radius 2 is 1.59 bits per heavy atom. The molecule has 4 rings (SSSR count). The quantitative estimate of drug-likeness (QED) is 0.487. The highest BCUT2D eigenvalue weighted by Crippen LogP contribution is 2.47. The van der Waals surface area contributed by atoms with Gasteiger partial charge in [0, 0.05) is 0 Å². The van der Waals surface area contributed by atoms with Crippen LogP contribution in [0.1, 0.15) is 38.3 Å². The fourth-order valence-electron chi connectivity index (χ4n) is 4.20. The van der Waals surface area contributed by atoms with Crippen LogP contribution in [0.25, 0.3) is 0 Å². The lowest BCUT2D eigenvalue weighted by molar-refractivity contribution is 0.652. The number of aliphatic imine (C=N–C) groups is 1. The summed E-state index contributed by atoms with van der Waals surface area (Å²) < 4.78 is 0. The third-order valence-electron chi connectivity index (χ3n) is 5.49. The summed E-state index contributed by atoms with van der Waals surface area (Å²) in [4.78, 5) is 4.93. The number of rotatable bonds is 4. The van der Waals surface area contributed by atoms with Gasteiger partial charge in [-0.25, -0.2) is 0 Å². The molecular weight excluding hydrogens is 330 g/mol. The zero-order valence-electron chi connectivity index (χ0n) is 16.8. The van der Waals surface area contributed by atoms with E-state index < -0.39 is 0 Å². The van der Waals surface area contributed by atoms with Crippen molar-refractivity contribution in [2.24, 2.45) is 4.99 Å². The van der Waals surface area contributed by atoms with Gasteiger partial charge in [0.25, 0.3) is 0 Å². The minimum atomic E-state index is 0.288. The van der Waals surface area contributed by atoms with Gasteiger partial charge in [0.05, 0.1) is 22.8 Å². The molecule has 2 aliphatic rings. The Labute approximate surface area is 162 Å². The van der Waals surface area contributed by atoms with Gasteiger partial charge in [-0.3, -0.25) is 15.0 Å². The van der Waals surface area contributed by atoms with Crippen molar-refractivity contribution >= 4 is 17.1 Å². The van der Waals surface area contributed by atoms with E-state index >= 15 is 0 Å². The predicted octanol–water partition coefficient (Wildman–Crippen LogP) is 6.08. The molecule has 2 heterocycles. The van der Waals surface area contributed by atoms with Crippen LogP contribution in [0.2, 0.25) is 0 Å². The fraction of sp³-hybridized carbons (Fsp3) is 0.292. The normalized spacial score (nSPS) is 19.2. The number of anilines is 1. The average molecular weight is 358 g/mol. The molecule has 2 aromatic rings. The molecule has 0 N–H and O–H groups in total. The number of allylic oxidation sites excluding steroid dienone is 3. The first-order valence-corrected chi connectivity index (χ1v) is 9.70. The van der Waals surface area contributed by atoms with Crippen molar-refractivity contribution in [3.05, 3.63) is 82.6 Å². The lowest BCUT2D eigenvalue weighted by atomic mass is 9.97. The van der Waals surface area contributed by atoms with E-state index in [1.165, 1.54) is 33.7 Å².